The van der Waals surface area contributed by atoms with Crippen LogP contribution >= 0.6 is 11.6 Å². The molecular formula is C18H11ClF3N5O3S. The Kier molecular flexibility index (Phi) is 4.20. The minimum Gasteiger partial charge on any atom is -0.411 e. The largest absolute Gasteiger partial charge is 0.433 e. The smallest absolute Gasteiger partial charge is 0.411 e. The molecule has 2 aliphatic heterocycles. The number of nitrogens with one attached hydrogen (secondary N) is 1. The van der Waals surface area contributed by atoms with Crippen LogP contribution in [0.3, 0.4) is 0 Å². The maximum absolute atomic E-state index is 13.6. The standard InChI is InChI=1S/C18H11ClF3N5O3S/c19-11-3-1-2-9-13(11)17-15(26-28)14-10(7-24-25-14)16(9)27(17)31(29,30)8-4-5-12(23-6-8)18(20,21)22/h1-7,16-17,28H,(H,24,25). The van der Waals surface area contributed by atoms with E-state index >= 15 is 0 Å². The number of oxime groups is 1. The van der Waals surface area contributed by atoms with Gasteiger partial charge < -0.3 is 5.21 Å². The minimum atomic E-state index is -4.71. The Hall–Kier alpha value is -2.96. The fraction of sp³-hybridized carbons (Fsp3) is 0.167. The van der Waals surface area contributed by atoms with E-state index in [9.17, 15) is 26.8 Å². The number of halogens is 4. The molecule has 4 heterocycles. The second-order valence-electron chi connectivity index (χ2n) is 6.95. The first kappa shape index (κ1) is 20.0. The number of pyridine rings is 1. The summed E-state index contributed by atoms with van der Waals surface area (Å²) in [4.78, 5) is 2.83. The number of benzene rings is 1. The SMILES string of the molecule is O=S(=O)(c1ccc(C(F)(F)F)nc1)N1C2C(=NO)c3[nH]ncc3C1c1cccc(Cl)c12. The van der Waals surface area contributed by atoms with Gasteiger partial charge in [-0.15, -0.1) is 0 Å². The predicted octanol–water partition coefficient (Wildman–Crippen LogP) is 3.50. The van der Waals surface area contributed by atoms with Crippen molar-refractivity contribution in [1.82, 2.24) is 19.5 Å². The Morgan fingerprint density at radius 1 is 1.13 bits per heavy atom. The lowest BCUT2D eigenvalue weighted by molar-refractivity contribution is -0.141. The van der Waals surface area contributed by atoms with E-state index in [1.54, 1.807) is 18.2 Å². The minimum absolute atomic E-state index is 0.0287. The molecule has 0 spiro atoms. The van der Waals surface area contributed by atoms with Gasteiger partial charge in [0, 0.05) is 22.3 Å². The van der Waals surface area contributed by atoms with Crippen molar-refractivity contribution in [2.24, 2.45) is 5.16 Å². The van der Waals surface area contributed by atoms with E-state index in [1.165, 1.54) is 6.20 Å². The second kappa shape index (κ2) is 6.52. The fourth-order valence-electron chi connectivity index (χ4n) is 4.11. The van der Waals surface area contributed by atoms with E-state index in [-0.39, 0.29) is 10.7 Å². The molecule has 160 valence electrons. The van der Waals surface area contributed by atoms with Crippen LogP contribution in [0.15, 0.2) is 52.8 Å². The maximum atomic E-state index is 13.6. The van der Waals surface area contributed by atoms with Gasteiger partial charge >= 0.3 is 6.18 Å². The summed E-state index contributed by atoms with van der Waals surface area (Å²) in [6.45, 7) is 0. The molecule has 0 amide bonds. The molecule has 3 aromatic rings. The number of nitrogens with zero attached hydrogens (tertiary/aromatic N) is 4. The molecule has 2 atom stereocenters. The molecule has 2 aromatic heterocycles. The fourth-order valence-corrected chi connectivity index (χ4v) is 6.05. The van der Waals surface area contributed by atoms with Gasteiger partial charge in [-0.2, -0.15) is 22.6 Å². The topological polar surface area (TPSA) is 112 Å². The highest BCUT2D eigenvalue weighted by Gasteiger charge is 2.55. The van der Waals surface area contributed by atoms with E-state index < -0.39 is 38.9 Å². The first-order valence-corrected chi connectivity index (χ1v) is 10.6. The highest BCUT2D eigenvalue weighted by atomic mass is 35.5. The highest BCUT2D eigenvalue weighted by Crippen LogP contribution is 2.55. The van der Waals surface area contributed by atoms with Crippen LogP contribution in [-0.2, 0) is 16.2 Å². The summed E-state index contributed by atoms with van der Waals surface area (Å²) in [6, 6.07) is 4.39. The molecular weight excluding hydrogens is 459 g/mol. The van der Waals surface area contributed by atoms with Gasteiger partial charge in [-0.25, -0.2) is 8.42 Å². The summed E-state index contributed by atoms with van der Waals surface area (Å²) in [7, 11) is -4.40. The number of sulfonamides is 1. The molecule has 2 aliphatic rings. The molecule has 8 nitrogen and oxygen atoms in total. The molecule has 1 aromatic carbocycles. The van der Waals surface area contributed by atoms with Crippen LogP contribution in [0.4, 0.5) is 13.2 Å². The van der Waals surface area contributed by atoms with Crippen molar-refractivity contribution in [3.05, 3.63) is 75.8 Å². The quantitative estimate of drug-likeness (QED) is 0.440. The molecule has 0 saturated heterocycles. The van der Waals surface area contributed by atoms with Gasteiger partial charge in [0.15, 0.2) is 0 Å². The average Bonchev–Trinajstić information content (AvgIpc) is 3.31. The van der Waals surface area contributed by atoms with Gasteiger partial charge in [0.2, 0.25) is 10.0 Å². The monoisotopic (exact) mass is 469 g/mol. The van der Waals surface area contributed by atoms with Gasteiger partial charge in [0.05, 0.1) is 17.9 Å². The Morgan fingerprint density at radius 3 is 2.55 bits per heavy atom. The molecule has 0 fully saturated rings. The van der Waals surface area contributed by atoms with Gasteiger partial charge in [-0.05, 0) is 23.8 Å². The molecule has 2 unspecified atom stereocenters. The first-order chi connectivity index (χ1) is 14.7. The molecule has 0 saturated carbocycles. The third kappa shape index (κ3) is 2.71. The molecule has 13 heteroatoms. The predicted molar refractivity (Wildman–Crippen MR) is 101 cm³/mol. The van der Waals surface area contributed by atoms with Gasteiger partial charge in [-0.1, -0.05) is 28.9 Å². The maximum Gasteiger partial charge on any atom is 0.433 e. The van der Waals surface area contributed by atoms with Crippen molar-refractivity contribution in [2.45, 2.75) is 23.2 Å². The number of aromatic amines is 1. The molecule has 0 radical (unpaired) electrons. The van der Waals surface area contributed by atoms with E-state index in [0.29, 0.717) is 34.6 Å². The van der Waals surface area contributed by atoms with Crippen LogP contribution in [0.2, 0.25) is 5.02 Å². The van der Waals surface area contributed by atoms with Crippen LogP contribution in [0.1, 0.15) is 40.2 Å². The number of fused-ring (bicyclic) bond motifs is 7. The lowest BCUT2D eigenvalue weighted by Crippen LogP contribution is -2.41. The molecule has 0 aliphatic carbocycles. The average molecular weight is 470 g/mol. The van der Waals surface area contributed by atoms with Crippen molar-refractivity contribution < 1.29 is 26.8 Å². The summed E-state index contributed by atoms with van der Waals surface area (Å²) in [5.41, 5.74) is 0.515. The van der Waals surface area contributed by atoms with Crippen LogP contribution in [0.25, 0.3) is 0 Å². The zero-order chi connectivity index (χ0) is 22.1. The van der Waals surface area contributed by atoms with E-state index in [0.717, 1.165) is 10.4 Å². The van der Waals surface area contributed by atoms with Crippen LogP contribution < -0.4 is 0 Å². The zero-order valence-corrected chi connectivity index (χ0v) is 16.7. The van der Waals surface area contributed by atoms with Crippen molar-refractivity contribution >= 4 is 27.3 Å². The number of hydrogen-bond donors (Lipinski definition) is 2. The summed E-state index contributed by atoms with van der Waals surface area (Å²) in [5, 5.41) is 19.9. The summed E-state index contributed by atoms with van der Waals surface area (Å²) < 4.78 is 66.8. The second-order valence-corrected chi connectivity index (χ2v) is 9.20. The lowest BCUT2D eigenvalue weighted by Gasteiger charge is -2.33. The van der Waals surface area contributed by atoms with Crippen molar-refractivity contribution in [1.29, 1.82) is 0 Å². The zero-order valence-electron chi connectivity index (χ0n) is 15.2. The number of hydrogen-bond acceptors (Lipinski definition) is 6. The molecule has 31 heavy (non-hydrogen) atoms. The number of H-pyrrole nitrogens is 1. The van der Waals surface area contributed by atoms with Gasteiger partial charge in [0.25, 0.3) is 0 Å². The third-order valence-corrected chi connectivity index (χ3v) is 7.50. The van der Waals surface area contributed by atoms with Crippen molar-refractivity contribution in [3.8, 4) is 0 Å². The van der Waals surface area contributed by atoms with E-state index in [4.69, 9.17) is 11.6 Å². The Balaban J connectivity index is 1.73. The molecule has 2 bridgehead atoms. The summed E-state index contributed by atoms with van der Waals surface area (Å²) in [6.07, 6.45) is -2.64. The summed E-state index contributed by atoms with van der Waals surface area (Å²) in [5.74, 6) is 0. The number of aromatic nitrogens is 3. The highest BCUT2D eigenvalue weighted by molar-refractivity contribution is 7.89. The third-order valence-electron chi connectivity index (χ3n) is 5.35. The summed E-state index contributed by atoms with van der Waals surface area (Å²) >= 11 is 6.38. The van der Waals surface area contributed by atoms with Gasteiger partial charge in [0.1, 0.15) is 22.3 Å². The van der Waals surface area contributed by atoms with Gasteiger partial charge in [-0.3, -0.25) is 10.1 Å². The Labute approximate surface area is 178 Å². The van der Waals surface area contributed by atoms with Crippen molar-refractivity contribution in [3.63, 3.8) is 0 Å². The van der Waals surface area contributed by atoms with E-state index in [1.807, 2.05) is 0 Å². The normalized spacial score (nSPS) is 21.9. The molecule has 5 rings (SSSR count). The van der Waals surface area contributed by atoms with Crippen LogP contribution in [-0.4, -0.2) is 38.8 Å². The Bertz CT molecular complexity index is 1340. The lowest BCUT2D eigenvalue weighted by atomic mass is 9.99. The van der Waals surface area contributed by atoms with E-state index in [2.05, 4.69) is 20.3 Å². The van der Waals surface area contributed by atoms with Crippen LogP contribution in [0, 0.1) is 0 Å². The van der Waals surface area contributed by atoms with Crippen LogP contribution in [0.5, 0.6) is 0 Å². The Morgan fingerprint density at radius 2 is 1.90 bits per heavy atom. The van der Waals surface area contributed by atoms with Crippen molar-refractivity contribution in [2.75, 3.05) is 0 Å². The number of alkyl halides is 3. The molecule has 2 N–H and O–H groups in total. The first-order valence-electron chi connectivity index (χ1n) is 8.77. The number of rotatable bonds is 2.